The molecule has 106 valence electrons. The highest BCUT2D eigenvalue weighted by Gasteiger charge is 2.30. The summed E-state index contributed by atoms with van der Waals surface area (Å²) in [6, 6.07) is 3.66. The van der Waals surface area contributed by atoms with Crippen molar-refractivity contribution in [2.45, 2.75) is 26.1 Å². The van der Waals surface area contributed by atoms with Gasteiger partial charge in [0, 0.05) is 0 Å². The molecule has 0 aliphatic heterocycles. The van der Waals surface area contributed by atoms with Crippen molar-refractivity contribution in [1.29, 1.82) is 0 Å². The number of amides is 1. The van der Waals surface area contributed by atoms with Crippen molar-refractivity contribution >= 4 is 5.91 Å². The first-order valence-electron chi connectivity index (χ1n) is 5.91. The number of nitrogens with one attached hydrogen (secondary N) is 1. The predicted molar refractivity (Wildman–Crippen MR) is 66.2 cm³/mol. The van der Waals surface area contributed by atoms with Crippen LogP contribution in [0.15, 0.2) is 24.3 Å². The summed E-state index contributed by atoms with van der Waals surface area (Å²) in [4.78, 5) is 11.3. The fraction of sp³-hybridized carbons (Fsp3) is 0.462. The van der Waals surface area contributed by atoms with Crippen LogP contribution in [0, 0.1) is 5.92 Å². The molecule has 1 aromatic carbocycles. The summed E-state index contributed by atoms with van der Waals surface area (Å²) in [6.45, 7) is 4.46. The molecule has 0 fully saturated rings. The van der Waals surface area contributed by atoms with Crippen LogP contribution in [0.1, 0.15) is 31.0 Å². The first-order valence-corrected chi connectivity index (χ1v) is 5.91. The summed E-state index contributed by atoms with van der Waals surface area (Å²) in [6.07, 6.45) is -4.38. The monoisotopic (exact) mass is 274 g/mol. The standard InChI is InChI=1S/C13H17F3N2O/c1-8(2)7-18-11(12(17)19)9-3-5-10(6-4-9)13(14,15)16/h3-6,8,11,18H,7H2,1-2H3,(H2,17,19). The molecule has 0 spiro atoms. The second-order valence-corrected chi connectivity index (χ2v) is 4.76. The Morgan fingerprint density at radius 3 is 2.16 bits per heavy atom. The van der Waals surface area contributed by atoms with E-state index in [0.29, 0.717) is 18.0 Å². The molecular formula is C13H17F3N2O. The number of carbonyl (C=O) groups is 1. The number of benzene rings is 1. The summed E-state index contributed by atoms with van der Waals surface area (Å²) in [5, 5.41) is 2.94. The normalized spacial score (nSPS) is 13.6. The van der Waals surface area contributed by atoms with Crippen molar-refractivity contribution in [3.8, 4) is 0 Å². The van der Waals surface area contributed by atoms with Crippen molar-refractivity contribution in [3.05, 3.63) is 35.4 Å². The van der Waals surface area contributed by atoms with Gasteiger partial charge in [0.05, 0.1) is 5.56 Å². The van der Waals surface area contributed by atoms with Crippen LogP contribution >= 0.6 is 0 Å². The molecule has 19 heavy (non-hydrogen) atoms. The van der Waals surface area contributed by atoms with Gasteiger partial charge >= 0.3 is 6.18 Å². The SMILES string of the molecule is CC(C)CNC(C(N)=O)c1ccc(C(F)(F)F)cc1. The van der Waals surface area contributed by atoms with E-state index in [2.05, 4.69) is 5.32 Å². The summed E-state index contributed by atoms with van der Waals surface area (Å²) in [5.74, 6) is -0.309. The van der Waals surface area contributed by atoms with Crippen LogP contribution in [-0.2, 0) is 11.0 Å². The lowest BCUT2D eigenvalue weighted by Crippen LogP contribution is -2.35. The molecule has 0 saturated heterocycles. The van der Waals surface area contributed by atoms with Gasteiger partial charge < -0.3 is 11.1 Å². The van der Waals surface area contributed by atoms with Crippen molar-refractivity contribution in [2.24, 2.45) is 11.7 Å². The molecule has 0 aliphatic carbocycles. The molecule has 0 saturated carbocycles. The van der Waals surface area contributed by atoms with Crippen molar-refractivity contribution in [1.82, 2.24) is 5.32 Å². The smallest absolute Gasteiger partial charge is 0.368 e. The third-order valence-electron chi connectivity index (χ3n) is 2.59. The molecule has 1 rings (SSSR count). The number of hydrogen-bond donors (Lipinski definition) is 2. The van der Waals surface area contributed by atoms with E-state index in [0.717, 1.165) is 12.1 Å². The second kappa shape index (κ2) is 6.06. The molecule has 0 heterocycles. The Bertz CT molecular complexity index is 427. The van der Waals surface area contributed by atoms with Crippen LogP contribution in [0.25, 0.3) is 0 Å². The fourth-order valence-electron chi connectivity index (χ4n) is 1.60. The Labute approximate surface area is 110 Å². The molecule has 0 aromatic heterocycles. The molecule has 1 unspecified atom stereocenters. The maximum Gasteiger partial charge on any atom is 0.416 e. The molecule has 6 heteroatoms. The van der Waals surface area contributed by atoms with Crippen LogP contribution in [0.5, 0.6) is 0 Å². The Morgan fingerprint density at radius 1 is 1.26 bits per heavy atom. The van der Waals surface area contributed by atoms with E-state index in [9.17, 15) is 18.0 Å². The fourth-order valence-corrected chi connectivity index (χ4v) is 1.60. The van der Waals surface area contributed by atoms with E-state index in [1.165, 1.54) is 12.1 Å². The minimum atomic E-state index is -4.38. The number of halogens is 3. The summed E-state index contributed by atoms with van der Waals surface area (Å²) in [7, 11) is 0. The molecule has 0 radical (unpaired) electrons. The average Bonchev–Trinajstić information content (AvgIpc) is 2.27. The van der Waals surface area contributed by atoms with Gasteiger partial charge in [0.25, 0.3) is 0 Å². The first-order chi connectivity index (χ1) is 8.71. The lowest BCUT2D eigenvalue weighted by molar-refractivity contribution is -0.137. The Morgan fingerprint density at radius 2 is 1.79 bits per heavy atom. The van der Waals surface area contributed by atoms with Gasteiger partial charge in [-0.1, -0.05) is 26.0 Å². The van der Waals surface area contributed by atoms with E-state index in [1.807, 2.05) is 13.8 Å². The Balaban J connectivity index is 2.89. The molecule has 1 aromatic rings. The maximum atomic E-state index is 12.4. The molecule has 1 atom stereocenters. The zero-order valence-electron chi connectivity index (χ0n) is 10.8. The number of hydrogen-bond acceptors (Lipinski definition) is 2. The van der Waals surface area contributed by atoms with Gasteiger partial charge in [-0.25, -0.2) is 0 Å². The number of rotatable bonds is 5. The molecule has 0 aliphatic rings. The van der Waals surface area contributed by atoms with Gasteiger partial charge in [-0.2, -0.15) is 13.2 Å². The minimum absolute atomic E-state index is 0.302. The van der Waals surface area contributed by atoms with E-state index >= 15 is 0 Å². The average molecular weight is 274 g/mol. The molecule has 1 amide bonds. The number of primary amides is 1. The van der Waals surface area contributed by atoms with E-state index < -0.39 is 23.7 Å². The summed E-state index contributed by atoms with van der Waals surface area (Å²) >= 11 is 0. The van der Waals surface area contributed by atoms with Gasteiger partial charge in [0.1, 0.15) is 6.04 Å². The minimum Gasteiger partial charge on any atom is -0.368 e. The lowest BCUT2D eigenvalue weighted by atomic mass is 10.0. The predicted octanol–water partition coefficient (Wildman–Crippen LogP) is 2.48. The highest BCUT2D eigenvalue weighted by atomic mass is 19.4. The van der Waals surface area contributed by atoms with Crippen LogP contribution in [0.3, 0.4) is 0 Å². The number of alkyl halides is 3. The Hall–Kier alpha value is -1.56. The maximum absolute atomic E-state index is 12.4. The van der Waals surface area contributed by atoms with E-state index in [-0.39, 0.29) is 0 Å². The highest BCUT2D eigenvalue weighted by molar-refractivity contribution is 5.81. The molecule has 3 N–H and O–H groups in total. The first kappa shape index (κ1) is 15.5. The van der Waals surface area contributed by atoms with E-state index in [4.69, 9.17) is 5.73 Å². The zero-order chi connectivity index (χ0) is 14.6. The lowest BCUT2D eigenvalue weighted by Gasteiger charge is -2.18. The topological polar surface area (TPSA) is 55.1 Å². The third kappa shape index (κ3) is 4.55. The second-order valence-electron chi connectivity index (χ2n) is 4.76. The largest absolute Gasteiger partial charge is 0.416 e. The van der Waals surface area contributed by atoms with Crippen molar-refractivity contribution in [3.63, 3.8) is 0 Å². The van der Waals surface area contributed by atoms with Crippen molar-refractivity contribution < 1.29 is 18.0 Å². The summed E-state index contributed by atoms with van der Waals surface area (Å²) < 4.78 is 37.3. The van der Waals surface area contributed by atoms with Crippen LogP contribution < -0.4 is 11.1 Å². The molecule has 3 nitrogen and oxygen atoms in total. The highest BCUT2D eigenvalue weighted by Crippen LogP contribution is 2.29. The van der Waals surface area contributed by atoms with Crippen LogP contribution in [-0.4, -0.2) is 12.5 Å². The van der Waals surface area contributed by atoms with Crippen molar-refractivity contribution in [2.75, 3.05) is 6.54 Å². The zero-order valence-corrected chi connectivity index (χ0v) is 10.8. The van der Waals surface area contributed by atoms with Gasteiger partial charge in [-0.3, -0.25) is 4.79 Å². The van der Waals surface area contributed by atoms with Crippen LogP contribution in [0.2, 0.25) is 0 Å². The molecule has 0 bridgehead atoms. The van der Waals surface area contributed by atoms with Gasteiger partial charge in [-0.15, -0.1) is 0 Å². The number of nitrogens with two attached hydrogens (primary N) is 1. The number of carbonyl (C=O) groups excluding carboxylic acids is 1. The van der Waals surface area contributed by atoms with Gasteiger partial charge in [0.2, 0.25) is 5.91 Å². The van der Waals surface area contributed by atoms with E-state index in [1.54, 1.807) is 0 Å². The van der Waals surface area contributed by atoms with Gasteiger partial charge in [-0.05, 0) is 30.2 Å². The molecular weight excluding hydrogens is 257 g/mol. The Kier molecular flexibility index (Phi) is 4.94. The van der Waals surface area contributed by atoms with Gasteiger partial charge in [0.15, 0.2) is 0 Å². The quantitative estimate of drug-likeness (QED) is 0.866. The third-order valence-corrected chi connectivity index (χ3v) is 2.59. The van der Waals surface area contributed by atoms with Crippen LogP contribution in [0.4, 0.5) is 13.2 Å². The summed E-state index contributed by atoms with van der Waals surface area (Å²) in [5.41, 5.74) is 4.94.